The molecule has 1 aromatic heterocycles. The van der Waals surface area contributed by atoms with Crippen LogP contribution >= 0.6 is 11.3 Å². The fourth-order valence-electron chi connectivity index (χ4n) is 9.29. The van der Waals surface area contributed by atoms with E-state index in [9.17, 15) is 49.9 Å². The molecule has 4 amide bonds. The standard InChI is InChI=1S/C47H50F7N5O7S/c1-56(17-5-18-57(2)42(62)38-13-12-36(67-38)26-55-43(63)64)40(60)27-65-39-24-30-6-3-4-7-37(30)44(39)14-19-58(20-15-44)21-16-45(32-8-10-35(48)11-9-32)28-59(29-66-45)41(61)31-22-33(46(49,50)51)25-34(23-31)47(52,53)54/h3-4,6-13,22-23,25,39,55H,5,14-21,24,26-29H2,1-2H3,(H,63,64)/t39-,45-/m0/s1. The van der Waals surface area contributed by atoms with E-state index in [2.05, 4.69) is 22.3 Å². The number of halogens is 7. The van der Waals surface area contributed by atoms with Crippen molar-refractivity contribution in [3.05, 3.63) is 128 Å². The third-order valence-corrected chi connectivity index (χ3v) is 14.1. The number of benzene rings is 3. The van der Waals surface area contributed by atoms with Crippen LogP contribution in [0.4, 0.5) is 35.5 Å². The summed E-state index contributed by atoms with van der Waals surface area (Å²) >= 11 is 1.21. The van der Waals surface area contributed by atoms with Crippen molar-refractivity contribution in [2.75, 3.05) is 66.7 Å². The van der Waals surface area contributed by atoms with Gasteiger partial charge in [0.25, 0.3) is 11.8 Å². The van der Waals surface area contributed by atoms with Crippen LogP contribution in [0, 0.1) is 5.82 Å². The topological polar surface area (TPSA) is 132 Å². The van der Waals surface area contributed by atoms with Crippen molar-refractivity contribution in [3.8, 4) is 0 Å². The minimum Gasteiger partial charge on any atom is -0.465 e. The number of amides is 4. The predicted molar refractivity (Wildman–Crippen MR) is 232 cm³/mol. The number of likely N-dealkylation sites (N-methyl/N-ethyl adjacent to an activating group) is 1. The molecule has 0 saturated carbocycles. The molecule has 2 aliphatic heterocycles. The lowest BCUT2D eigenvalue weighted by atomic mass is 9.72. The molecule has 0 unspecified atom stereocenters. The highest BCUT2D eigenvalue weighted by Crippen LogP contribution is 2.48. The molecule has 4 aromatic rings. The summed E-state index contributed by atoms with van der Waals surface area (Å²) in [7, 11) is 3.35. The van der Waals surface area contributed by atoms with Gasteiger partial charge in [-0.15, -0.1) is 11.3 Å². The van der Waals surface area contributed by atoms with E-state index in [4.69, 9.17) is 14.6 Å². The molecule has 7 rings (SSSR count). The van der Waals surface area contributed by atoms with E-state index in [0.29, 0.717) is 85.9 Å². The fraction of sp³-hybridized carbons (Fsp3) is 0.447. The molecular formula is C47H50F7N5O7S. The van der Waals surface area contributed by atoms with Crippen LogP contribution in [0.5, 0.6) is 0 Å². The quantitative estimate of drug-likeness (QED) is 0.115. The Morgan fingerprint density at radius 2 is 1.55 bits per heavy atom. The number of hydrogen-bond donors (Lipinski definition) is 2. The number of ether oxygens (including phenoxy) is 2. The Balaban J connectivity index is 0.961. The molecule has 1 aliphatic carbocycles. The van der Waals surface area contributed by atoms with E-state index >= 15 is 0 Å². The molecule has 2 saturated heterocycles. The monoisotopic (exact) mass is 961 g/mol. The average Bonchev–Trinajstić information content (AvgIpc) is 4.03. The second-order valence-electron chi connectivity index (χ2n) is 17.3. The molecule has 67 heavy (non-hydrogen) atoms. The maximum atomic E-state index is 14.1. The van der Waals surface area contributed by atoms with Gasteiger partial charge in [0, 0.05) is 49.6 Å². The van der Waals surface area contributed by atoms with Crippen molar-refractivity contribution in [2.24, 2.45) is 0 Å². The first-order chi connectivity index (χ1) is 31.7. The summed E-state index contributed by atoms with van der Waals surface area (Å²) in [6, 6.07) is 17.6. The number of nitrogens with zero attached hydrogens (tertiary/aromatic N) is 4. The molecular weight excluding hydrogens is 912 g/mol. The van der Waals surface area contributed by atoms with Crippen molar-refractivity contribution in [1.29, 1.82) is 0 Å². The van der Waals surface area contributed by atoms with Crippen LogP contribution in [0.25, 0.3) is 0 Å². The van der Waals surface area contributed by atoms with Crippen molar-refractivity contribution < 1.29 is 64.5 Å². The summed E-state index contributed by atoms with van der Waals surface area (Å²) in [5.41, 5.74) is -2.89. The third kappa shape index (κ3) is 11.2. The minimum absolute atomic E-state index is 0.0349. The van der Waals surface area contributed by atoms with E-state index in [-0.39, 0.29) is 50.1 Å². The van der Waals surface area contributed by atoms with Gasteiger partial charge >= 0.3 is 18.4 Å². The maximum Gasteiger partial charge on any atom is 0.416 e. The summed E-state index contributed by atoms with van der Waals surface area (Å²) in [4.78, 5) is 58.4. The number of alkyl halides is 6. The molecule has 0 radical (unpaired) electrons. The van der Waals surface area contributed by atoms with Gasteiger partial charge < -0.3 is 39.5 Å². The first-order valence-corrected chi connectivity index (χ1v) is 22.5. The molecule has 3 aliphatic rings. The largest absolute Gasteiger partial charge is 0.465 e. The van der Waals surface area contributed by atoms with E-state index in [1.54, 1.807) is 36.0 Å². The molecule has 3 aromatic carbocycles. The van der Waals surface area contributed by atoms with Crippen molar-refractivity contribution in [3.63, 3.8) is 0 Å². The zero-order valence-corrected chi connectivity index (χ0v) is 37.5. The van der Waals surface area contributed by atoms with E-state index in [1.807, 2.05) is 12.1 Å². The van der Waals surface area contributed by atoms with Gasteiger partial charge in [-0.1, -0.05) is 36.4 Å². The van der Waals surface area contributed by atoms with Crippen LogP contribution in [-0.2, 0) is 50.6 Å². The maximum absolute atomic E-state index is 14.1. The minimum atomic E-state index is -5.14. The highest BCUT2D eigenvalue weighted by Gasteiger charge is 2.50. The lowest BCUT2D eigenvalue weighted by molar-refractivity contribution is -0.143. The first kappa shape index (κ1) is 49.3. The number of hydrogen-bond acceptors (Lipinski definition) is 8. The van der Waals surface area contributed by atoms with Gasteiger partial charge in [-0.2, -0.15) is 26.3 Å². The number of carboxylic acid groups (broad SMARTS) is 1. The summed E-state index contributed by atoms with van der Waals surface area (Å²) in [5, 5.41) is 11.1. The van der Waals surface area contributed by atoms with Gasteiger partial charge in [0.1, 0.15) is 24.8 Å². The van der Waals surface area contributed by atoms with Crippen LogP contribution in [-0.4, -0.2) is 121 Å². The van der Waals surface area contributed by atoms with Crippen molar-refractivity contribution in [1.82, 2.24) is 24.9 Å². The third-order valence-electron chi connectivity index (χ3n) is 13.0. The fourth-order valence-corrected chi connectivity index (χ4v) is 10.2. The lowest BCUT2D eigenvalue weighted by Crippen LogP contribution is -2.50. The molecule has 3 heterocycles. The molecule has 2 fully saturated rings. The highest BCUT2D eigenvalue weighted by molar-refractivity contribution is 7.14. The van der Waals surface area contributed by atoms with E-state index in [0.717, 1.165) is 16.0 Å². The smallest absolute Gasteiger partial charge is 0.416 e. The number of carbonyl (C=O) groups excluding carboxylic acids is 3. The molecule has 2 N–H and O–H groups in total. The van der Waals surface area contributed by atoms with Crippen LogP contribution in [0.15, 0.2) is 78.9 Å². The van der Waals surface area contributed by atoms with Gasteiger partial charge in [0.15, 0.2) is 0 Å². The molecule has 1 spiro atoms. The highest BCUT2D eigenvalue weighted by atomic mass is 32.1. The van der Waals surface area contributed by atoms with Gasteiger partial charge in [0.2, 0.25) is 5.91 Å². The molecule has 2 atom stereocenters. The molecule has 12 nitrogen and oxygen atoms in total. The number of rotatable bonds is 15. The van der Waals surface area contributed by atoms with Crippen molar-refractivity contribution >= 4 is 35.2 Å². The number of thiophene rings is 1. The summed E-state index contributed by atoms with van der Waals surface area (Å²) < 4.78 is 109. The average molecular weight is 962 g/mol. The van der Waals surface area contributed by atoms with Crippen LogP contribution in [0.2, 0.25) is 0 Å². The SMILES string of the molecule is CN(CCCN(C)C(=O)c1ccc(CNC(=O)O)s1)C(=O)CO[C@H]1Cc2ccccc2C12CCN(CC[C@@]1(c3ccc(F)cc3)CN(C(=O)c3cc(C(F)(F)F)cc(C(F)(F)F)c3)CO1)CC2. The van der Waals surface area contributed by atoms with Gasteiger partial charge in [-0.3, -0.25) is 14.4 Å². The normalized spacial score (nSPS) is 19.4. The van der Waals surface area contributed by atoms with Gasteiger partial charge in [-0.05, 0) is 104 Å². The molecule has 360 valence electrons. The number of carbonyl (C=O) groups is 4. The Morgan fingerprint density at radius 1 is 0.896 bits per heavy atom. The number of fused-ring (bicyclic) bond motifs is 2. The second kappa shape index (κ2) is 20.0. The Bertz CT molecular complexity index is 2410. The summed E-state index contributed by atoms with van der Waals surface area (Å²) in [6.45, 7) is 1.71. The zero-order chi connectivity index (χ0) is 48.3. The Kier molecular flexibility index (Phi) is 14.7. The predicted octanol–water partition coefficient (Wildman–Crippen LogP) is 8.00. The number of piperidine rings is 1. The number of likely N-dealkylation sites (tertiary alicyclic amines) is 1. The van der Waals surface area contributed by atoms with Crippen molar-refractivity contribution in [2.45, 2.75) is 68.1 Å². The lowest BCUT2D eigenvalue weighted by Gasteiger charge is -2.44. The van der Waals surface area contributed by atoms with Crippen LogP contribution in [0.1, 0.15) is 78.4 Å². The Hall–Kier alpha value is -5.57. The summed E-state index contributed by atoms with van der Waals surface area (Å²) in [6.07, 6.45) is -9.01. The van der Waals surface area contributed by atoms with Gasteiger partial charge in [0.05, 0.1) is 35.2 Å². The Morgan fingerprint density at radius 3 is 2.21 bits per heavy atom. The molecule has 20 heteroatoms. The van der Waals surface area contributed by atoms with Crippen LogP contribution in [0.3, 0.4) is 0 Å². The van der Waals surface area contributed by atoms with E-state index < -0.39 is 64.6 Å². The van der Waals surface area contributed by atoms with Gasteiger partial charge in [-0.25, -0.2) is 9.18 Å². The zero-order valence-electron chi connectivity index (χ0n) is 36.7. The first-order valence-electron chi connectivity index (χ1n) is 21.6. The molecule has 0 bridgehead atoms. The Labute approximate surface area is 386 Å². The summed E-state index contributed by atoms with van der Waals surface area (Å²) in [5.74, 6) is -2.02. The van der Waals surface area contributed by atoms with Crippen LogP contribution < -0.4 is 5.32 Å². The van der Waals surface area contributed by atoms with E-state index in [1.165, 1.54) is 35.6 Å². The second-order valence-corrected chi connectivity index (χ2v) is 18.5. The number of nitrogens with one attached hydrogen (secondary N) is 1.